The molecule has 0 spiro atoms. The van der Waals surface area contributed by atoms with Crippen LogP contribution in [0.5, 0.6) is 0 Å². The van der Waals surface area contributed by atoms with Crippen LogP contribution in [-0.4, -0.2) is 16.1 Å². The maximum absolute atomic E-state index is 11.8. The van der Waals surface area contributed by atoms with Crippen molar-refractivity contribution in [3.05, 3.63) is 41.6 Å². The summed E-state index contributed by atoms with van der Waals surface area (Å²) in [6.45, 7) is 3.72. The smallest absolute Gasteiger partial charge is 0.287 e. The minimum atomic E-state index is -0.212. The third-order valence-electron chi connectivity index (χ3n) is 2.44. The van der Waals surface area contributed by atoms with Crippen LogP contribution in [-0.2, 0) is 0 Å². The summed E-state index contributed by atoms with van der Waals surface area (Å²) in [6.07, 6.45) is 4.94. The fourth-order valence-electron chi connectivity index (χ4n) is 1.45. The number of carbonyl (C=O) groups excluding carboxylic acids is 1. The SMILES string of the molecule is Cc1ccoc1C(=O)NC(C)c1cn[nH]c1. The van der Waals surface area contributed by atoms with Gasteiger partial charge in [0.25, 0.3) is 5.91 Å². The molecule has 5 nitrogen and oxygen atoms in total. The molecule has 2 aromatic rings. The Kier molecular flexibility index (Phi) is 2.76. The van der Waals surface area contributed by atoms with Gasteiger partial charge < -0.3 is 9.73 Å². The van der Waals surface area contributed by atoms with Gasteiger partial charge in [0.2, 0.25) is 0 Å². The number of carbonyl (C=O) groups is 1. The van der Waals surface area contributed by atoms with Crippen LogP contribution in [0.3, 0.4) is 0 Å². The molecule has 2 heterocycles. The summed E-state index contributed by atoms with van der Waals surface area (Å²) in [6, 6.07) is 1.66. The Labute approximate surface area is 92.9 Å². The minimum absolute atomic E-state index is 0.101. The van der Waals surface area contributed by atoms with E-state index in [4.69, 9.17) is 4.42 Å². The first-order valence-electron chi connectivity index (χ1n) is 5.02. The molecule has 1 unspecified atom stereocenters. The molecule has 0 fully saturated rings. The predicted molar refractivity (Wildman–Crippen MR) is 57.9 cm³/mol. The van der Waals surface area contributed by atoms with Crippen LogP contribution in [0, 0.1) is 6.92 Å². The highest BCUT2D eigenvalue weighted by Crippen LogP contribution is 2.13. The van der Waals surface area contributed by atoms with E-state index in [2.05, 4.69) is 15.5 Å². The number of hydrogen-bond acceptors (Lipinski definition) is 3. The van der Waals surface area contributed by atoms with Crippen molar-refractivity contribution in [2.45, 2.75) is 19.9 Å². The molecule has 1 amide bonds. The summed E-state index contributed by atoms with van der Waals surface area (Å²) in [5.41, 5.74) is 1.76. The Hall–Kier alpha value is -2.04. The number of nitrogens with one attached hydrogen (secondary N) is 2. The lowest BCUT2D eigenvalue weighted by molar-refractivity contribution is 0.0911. The van der Waals surface area contributed by atoms with Gasteiger partial charge in [-0.3, -0.25) is 9.89 Å². The molecule has 84 valence electrons. The largest absolute Gasteiger partial charge is 0.459 e. The lowest BCUT2D eigenvalue weighted by atomic mass is 10.2. The predicted octanol–water partition coefficient (Wildman–Crippen LogP) is 1.80. The molecular weight excluding hydrogens is 206 g/mol. The van der Waals surface area contributed by atoms with Crippen molar-refractivity contribution in [3.8, 4) is 0 Å². The number of rotatable bonds is 3. The van der Waals surface area contributed by atoms with Crippen molar-refractivity contribution >= 4 is 5.91 Å². The van der Waals surface area contributed by atoms with Gasteiger partial charge in [-0.15, -0.1) is 0 Å². The fourth-order valence-corrected chi connectivity index (χ4v) is 1.45. The van der Waals surface area contributed by atoms with Gasteiger partial charge >= 0.3 is 0 Å². The van der Waals surface area contributed by atoms with Crippen LogP contribution in [0.15, 0.2) is 29.1 Å². The van der Waals surface area contributed by atoms with Gasteiger partial charge in [0.15, 0.2) is 5.76 Å². The van der Waals surface area contributed by atoms with Crippen LogP contribution < -0.4 is 5.32 Å². The number of amides is 1. The van der Waals surface area contributed by atoms with E-state index in [9.17, 15) is 4.79 Å². The molecule has 5 heteroatoms. The quantitative estimate of drug-likeness (QED) is 0.826. The third-order valence-corrected chi connectivity index (χ3v) is 2.44. The van der Waals surface area contributed by atoms with E-state index in [0.29, 0.717) is 5.76 Å². The summed E-state index contributed by atoms with van der Waals surface area (Å²) in [7, 11) is 0. The second-order valence-corrected chi connectivity index (χ2v) is 3.66. The number of aromatic nitrogens is 2. The monoisotopic (exact) mass is 219 g/mol. The van der Waals surface area contributed by atoms with Crippen LogP contribution >= 0.6 is 0 Å². The highest BCUT2D eigenvalue weighted by Gasteiger charge is 2.16. The van der Waals surface area contributed by atoms with E-state index in [1.165, 1.54) is 6.26 Å². The number of H-pyrrole nitrogens is 1. The Bertz CT molecular complexity index is 473. The average Bonchev–Trinajstić information content (AvgIpc) is 2.86. The summed E-state index contributed by atoms with van der Waals surface area (Å²) in [5.74, 6) is 0.145. The Morgan fingerprint density at radius 3 is 3.00 bits per heavy atom. The van der Waals surface area contributed by atoms with Crippen LogP contribution in [0.4, 0.5) is 0 Å². The molecule has 0 aromatic carbocycles. The third kappa shape index (κ3) is 1.98. The van der Waals surface area contributed by atoms with E-state index in [1.807, 2.05) is 13.8 Å². The molecule has 0 saturated heterocycles. The molecule has 0 aliphatic rings. The van der Waals surface area contributed by atoms with Crippen molar-refractivity contribution in [3.63, 3.8) is 0 Å². The first kappa shape index (κ1) is 10.5. The maximum atomic E-state index is 11.8. The molecule has 0 saturated carbocycles. The van der Waals surface area contributed by atoms with E-state index < -0.39 is 0 Å². The van der Waals surface area contributed by atoms with Gasteiger partial charge in [0.1, 0.15) is 0 Å². The molecule has 0 bridgehead atoms. The number of aryl methyl sites for hydroxylation is 1. The number of furan rings is 1. The van der Waals surface area contributed by atoms with Crippen molar-refractivity contribution in [1.29, 1.82) is 0 Å². The highest BCUT2D eigenvalue weighted by molar-refractivity contribution is 5.93. The van der Waals surface area contributed by atoms with Crippen molar-refractivity contribution in [2.75, 3.05) is 0 Å². The van der Waals surface area contributed by atoms with Crippen LogP contribution in [0.25, 0.3) is 0 Å². The molecule has 0 aliphatic heterocycles. The zero-order valence-corrected chi connectivity index (χ0v) is 9.15. The summed E-state index contributed by atoms with van der Waals surface area (Å²) >= 11 is 0. The molecule has 2 N–H and O–H groups in total. The van der Waals surface area contributed by atoms with Gasteiger partial charge in [0.05, 0.1) is 18.5 Å². The van der Waals surface area contributed by atoms with Gasteiger partial charge in [-0.25, -0.2) is 0 Å². The Morgan fingerprint density at radius 2 is 2.44 bits per heavy atom. The number of nitrogens with zero attached hydrogens (tertiary/aromatic N) is 1. The lowest BCUT2D eigenvalue weighted by Crippen LogP contribution is -2.26. The fraction of sp³-hybridized carbons (Fsp3) is 0.273. The lowest BCUT2D eigenvalue weighted by Gasteiger charge is -2.10. The summed E-state index contributed by atoms with van der Waals surface area (Å²) in [4.78, 5) is 11.8. The topological polar surface area (TPSA) is 70.9 Å². The van der Waals surface area contributed by atoms with Gasteiger partial charge in [-0.1, -0.05) is 0 Å². The zero-order valence-electron chi connectivity index (χ0n) is 9.15. The molecular formula is C11H13N3O2. The van der Waals surface area contributed by atoms with Crippen LogP contribution in [0.1, 0.15) is 34.6 Å². The van der Waals surface area contributed by atoms with Crippen molar-refractivity contribution in [1.82, 2.24) is 15.5 Å². The zero-order chi connectivity index (χ0) is 11.5. The molecule has 1 atom stereocenters. The summed E-state index contributed by atoms with van der Waals surface area (Å²) < 4.78 is 5.11. The Morgan fingerprint density at radius 1 is 1.62 bits per heavy atom. The van der Waals surface area contributed by atoms with Gasteiger partial charge in [0, 0.05) is 17.3 Å². The average molecular weight is 219 g/mol. The normalized spacial score (nSPS) is 12.4. The molecule has 2 rings (SSSR count). The maximum Gasteiger partial charge on any atom is 0.287 e. The van der Waals surface area contributed by atoms with E-state index in [0.717, 1.165) is 11.1 Å². The van der Waals surface area contributed by atoms with Crippen LogP contribution in [0.2, 0.25) is 0 Å². The summed E-state index contributed by atoms with van der Waals surface area (Å²) in [5, 5.41) is 9.37. The minimum Gasteiger partial charge on any atom is -0.459 e. The van der Waals surface area contributed by atoms with Crippen molar-refractivity contribution in [2.24, 2.45) is 0 Å². The van der Waals surface area contributed by atoms with Crippen molar-refractivity contribution < 1.29 is 9.21 Å². The second-order valence-electron chi connectivity index (χ2n) is 3.66. The highest BCUT2D eigenvalue weighted by atomic mass is 16.3. The molecule has 0 radical (unpaired) electrons. The number of hydrogen-bond donors (Lipinski definition) is 2. The number of aromatic amines is 1. The molecule has 2 aromatic heterocycles. The van der Waals surface area contributed by atoms with E-state index >= 15 is 0 Å². The second kappa shape index (κ2) is 4.22. The Balaban J connectivity index is 2.06. The molecule has 0 aliphatic carbocycles. The molecule has 16 heavy (non-hydrogen) atoms. The standard InChI is InChI=1S/C11H13N3O2/c1-7-3-4-16-10(7)11(15)14-8(2)9-5-12-13-6-9/h3-6,8H,1-2H3,(H,12,13)(H,14,15). The van der Waals surface area contributed by atoms with Gasteiger partial charge in [-0.05, 0) is 19.9 Å². The van der Waals surface area contributed by atoms with E-state index in [-0.39, 0.29) is 11.9 Å². The first-order valence-corrected chi connectivity index (χ1v) is 5.02. The first-order chi connectivity index (χ1) is 7.68. The van der Waals surface area contributed by atoms with Gasteiger partial charge in [-0.2, -0.15) is 5.10 Å². The van der Waals surface area contributed by atoms with E-state index in [1.54, 1.807) is 18.5 Å².